The number of hydrogen-bond donors (Lipinski definition) is 2. The van der Waals surface area contributed by atoms with Gasteiger partial charge in [-0.15, -0.1) is 0 Å². The molecule has 3 N–H and O–H groups in total. The lowest BCUT2D eigenvalue weighted by molar-refractivity contribution is -0.137. The van der Waals surface area contributed by atoms with Crippen LogP contribution >= 0.6 is 11.3 Å². The molecule has 10 heteroatoms. The Balaban J connectivity index is 2.12. The number of aromatic nitrogens is 2. The van der Waals surface area contributed by atoms with Crippen LogP contribution in [0.1, 0.15) is 12.5 Å². The smallest absolute Gasteiger partial charge is 0.383 e. The molecule has 25 heavy (non-hydrogen) atoms. The average Bonchev–Trinajstić information content (AvgIpc) is 2.88. The molecule has 3 aromatic rings. The lowest BCUT2D eigenvalue weighted by Crippen LogP contribution is -2.10. The SMILES string of the molecule is CC(=O)Nc1nc2c(F)cc(-c3cnc(N)c(C(F)(F)F)c3)cc2s1. The largest absolute Gasteiger partial charge is 0.419 e. The summed E-state index contributed by atoms with van der Waals surface area (Å²) >= 11 is 1.01. The molecule has 0 spiro atoms. The summed E-state index contributed by atoms with van der Waals surface area (Å²) in [6.45, 7) is 1.28. The second kappa shape index (κ2) is 5.96. The molecule has 3 rings (SSSR count). The number of carbonyl (C=O) groups is 1. The molecule has 2 heterocycles. The number of nitrogens with zero attached hydrogens (tertiary/aromatic N) is 2. The van der Waals surface area contributed by atoms with Gasteiger partial charge in [-0.1, -0.05) is 11.3 Å². The number of hydrogen-bond acceptors (Lipinski definition) is 5. The number of fused-ring (bicyclic) bond motifs is 1. The number of pyridine rings is 1. The van der Waals surface area contributed by atoms with Gasteiger partial charge in [0.1, 0.15) is 11.3 Å². The fourth-order valence-corrected chi connectivity index (χ4v) is 3.19. The van der Waals surface area contributed by atoms with Crippen LogP contribution in [0.3, 0.4) is 0 Å². The number of benzene rings is 1. The molecule has 0 aliphatic carbocycles. The summed E-state index contributed by atoms with van der Waals surface area (Å²) in [4.78, 5) is 18.6. The normalized spacial score (nSPS) is 11.7. The second-order valence-corrected chi connectivity index (χ2v) is 6.19. The maximum Gasteiger partial charge on any atom is 0.419 e. The zero-order chi connectivity index (χ0) is 18.4. The first-order valence-corrected chi connectivity index (χ1v) is 7.67. The topological polar surface area (TPSA) is 80.9 Å². The molecule has 0 bridgehead atoms. The van der Waals surface area contributed by atoms with Crippen molar-refractivity contribution in [3.05, 3.63) is 35.8 Å². The molecular formula is C15H10F4N4OS. The summed E-state index contributed by atoms with van der Waals surface area (Å²) in [5.41, 5.74) is 4.47. The second-order valence-electron chi connectivity index (χ2n) is 5.16. The molecule has 1 amide bonds. The Morgan fingerprint density at radius 3 is 2.60 bits per heavy atom. The molecule has 0 fully saturated rings. The van der Waals surface area contributed by atoms with Crippen LogP contribution in [0.15, 0.2) is 24.4 Å². The minimum atomic E-state index is -4.67. The van der Waals surface area contributed by atoms with Crippen LogP contribution in [0.4, 0.5) is 28.5 Å². The molecule has 0 radical (unpaired) electrons. The van der Waals surface area contributed by atoms with E-state index in [4.69, 9.17) is 5.73 Å². The number of rotatable bonds is 2. The lowest BCUT2D eigenvalue weighted by Gasteiger charge is -2.11. The standard InChI is InChI=1S/C15H10F4N4OS/c1-6(24)22-14-23-12-10(16)3-7(4-11(12)25-14)8-2-9(15(17,18)19)13(20)21-5-8/h2-5H,1H3,(H2,20,21)(H,22,23,24). The van der Waals surface area contributed by atoms with Crippen LogP contribution in [0.25, 0.3) is 21.3 Å². The molecule has 0 unspecified atom stereocenters. The van der Waals surface area contributed by atoms with Gasteiger partial charge >= 0.3 is 6.18 Å². The Bertz CT molecular complexity index is 984. The van der Waals surface area contributed by atoms with Crippen molar-refractivity contribution in [1.82, 2.24) is 9.97 Å². The van der Waals surface area contributed by atoms with E-state index >= 15 is 0 Å². The highest BCUT2D eigenvalue weighted by Gasteiger charge is 2.34. The van der Waals surface area contributed by atoms with Crippen molar-refractivity contribution in [2.45, 2.75) is 13.1 Å². The van der Waals surface area contributed by atoms with Gasteiger partial charge in [0, 0.05) is 18.7 Å². The minimum Gasteiger partial charge on any atom is -0.383 e. The van der Waals surface area contributed by atoms with E-state index in [0.717, 1.165) is 29.7 Å². The summed E-state index contributed by atoms with van der Waals surface area (Å²) in [5.74, 6) is -1.73. The molecule has 0 atom stereocenters. The van der Waals surface area contributed by atoms with Crippen molar-refractivity contribution >= 4 is 38.4 Å². The van der Waals surface area contributed by atoms with E-state index in [-0.39, 0.29) is 27.7 Å². The van der Waals surface area contributed by atoms with Crippen LogP contribution < -0.4 is 11.1 Å². The van der Waals surface area contributed by atoms with Gasteiger partial charge in [-0.05, 0) is 23.8 Å². The van der Waals surface area contributed by atoms with E-state index in [9.17, 15) is 22.4 Å². The monoisotopic (exact) mass is 370 g/mol. The van der Waals surface area contributed by atoms with Gasteiger partial charge < -0.3 is 11.1 Å². The van der Waals surface area contributed by atoms with E-state index < -0.39 is 23.4 Å². The number of halogens is 4. The number of nitrogens with two attached hydrogens (primary N) is 1. The lowest BCUT2D eigenvalue weighted by atomic mass is 10.0. The molecule has 5 nitrogen and oxygen atoms in total. The van der Waals surface area contributed by atoms with Crippen LogP contribution in [0, 0.1) is 5.82 Å². The fraction of sp³-hybridized carbons (Fsp3) is 0.133. The third kappa shape index (κ3) is 3.38. The maximum absolute atomic E-state index is 14.3. The molecule has 2 aromatic heterocycles. The van der Waals surface area contributed by atoms with Crippen molar-refractivity contribution in [2.24, 2.45) is 0 Å². The highest BCUT2D eigenvalue weighted by Crippen LogP contribution is 2.37. The molecule has 0 saturated carbocycles. The number of nitrogen functional groups attached to an aromatic ring is 1. The van der Waals surface area contributed by atoms with Gasteiger partial charge in [0.25, 0.3) is 0 Å². The van der Waals surface area contributed by atoms with Gasteiger partial charge in [0.2, 0.25) is 5.91 Å². The number of thiazole rings is 1. The Labute approximate surface area is 142 Å². The molecule has 0 aliphatic rings. The maximum atomic E-state index is 14.3. The highest BCUT2D eigenvalue weighted by atomic mass is 32.1. The third-order valence-electron chi connectivity index (χ3n) is 3.29. The summed E-state index contributed by atoms with van der Waals surface area (Å²) in [7, 11) is 0. The number of nitrogens with one attached hydrogen (secondary N) is 1. The highest BCUT2D eigenvalue weighted by molar-refractivity contribution is 7.22. The van der Waals surface area contributed by atoms with Crippen molar-refractivity contribution < 1.29 is 22.4 Å². The number of anilines is 2. The quantitative estimate of drug-likeness (QED) is 0.667. The van der Waals surface area contributed by atoms with E-state index in [1.165, 1.54) is 13.0 Å². The van der Waals surface area contributed by atoms with Crippen molar-refractivity contribution in [3.8, 4) is 11.1 Å². The number of amides is 1. The first-order chi connectivity index (χ1) is 11.6. The van der Waals surface area contributed by atoms with Crippen molar-refractivity contribution in [2.75, 3.05) is 11.1 Å². The Morgan fingerprint density at radius 1 is 1.24 bits per heavy atom. The van der Waals surface area contributed by atoms with E-state index in [0.29, 0.717) is 4.70 Å². The predicted molar refractivity (Wildman–Crippen MR) is 86.5 cm³/mol. The summed E-state index contributed by atoms with van der Waals surface area (Å²) in [6.07, 6.45) is -3.53. The molecule has 0 saturated heterocycles. The van der Waals surface area contributed by atoms with Crippen LogP contribution in [0.5, 0.6) is 0 Å². The number of carbonyl (C=O) groups excluding carboxylic acids is 1. The fourth-order valence-electron chi connectivity index (χ4n) is 2.22. The minimum absolute atomic E-state index is 0.0250. The molecule has 130 valence electrons. The average molecular weight is 370 g/mol. The van der Waals surface area contributed by atoms with E-state index in [1.54, 1.807) is 0 Å². The first kappa shape index (κ1) is 17.1. The summed E-state index contributed by atoms with van der Waals surface area (Å²) < 4.78 is 53.5. The van der Waals surface area contributed by atoms with Crippen LogP contribution in [-0.4, -0.2) is 15.9 Å². The predicted octanol–water partition coefficient (Wildman–Crippen LogP) is 4.06. The van der Waals surface area contributed by atoms with Gasteiger partial charge in [-0.3, -0.25) is 4.79 Å². The Kier molecular flexibility index (Phi) is 4.07. The Hall–Kier alpha value is -2.75. The van der Waals surface area contributed by atoms with Crippen LogP contribution in [0.2, 0.25) is 0 Å². The van der Waals surface area contributed by atoms with Crippen LogP contribution in [-0.2, 0) is 11.0 Å². The van der Waals surface area contributed by atoms with Crippen molar-refractivity contribution in [3.63, 3.8) is 0 Å². The van der Waals surface area contributed by atoms with Gasteiger partial charge in [-0.2, -0.15) is 13.2 Å². The first-order valence-electron chi connectivity index (χ1n) is 6.86. The summed E-state index contributed by atoms with van der Waals surface area (Å²) in [5, 5.41) is 2.64. The molecular weight excluding hydrogens is 360 g/mol. The molecule has 0 aliphatic heterocycles. The van der Waals surface area contributed by atoms with Gasteiger partial charge in [0.15, 0.2) is 10.9 Å². The van der Waals surface area contributed by atoms with Gasteiger partial charge in [-0.25, -0.2) is 14.4 Å². The van der Waals surface area contributed by atoms with E-state index in [2.05, 4.69) is 15.3 Å². The zero-order valence-corrected chi connectivity index (χ0v) is 13.4. The van der Waals surface area contributed by atoms with Gasteiger partial charge in [0.05, 0.1) is 10.3 Å². The third-order valence-corrected chi connectivity index (χ3v) is 4.21. The number of alkyl halides is 3. The zero-order valence-electron chi connectivity index (χ0n) is 12.6. The molecule has 1 aromatic carbocycles. The summed E-state index contributed by atoms with van der Waals surface area (Å²) in [6, 6.07) is 3.36. The Morgan fingerprint density at radius 2 is 1.96 bits per heavy atom. The van der Waals surface area contributed by atoms with E-state index in [1.807, 2.05) is 0 Å². The van der Waals surface area contributed by atoms with Crippen molar-refractivity contribution in [1.29, 1.82) is 0 Å².